The smallest absolute Gasteiger partial charge is 0.410 e. The fourth-order valence-corrected chi connectivity index (χ4v) is 4.54. The Hall–Kier alpha value is -3.37. The van der Waals surface area contributed by atoms with Gasteiger partial charge in [0.25, 0.3) is 5.91 Å². The Morgan fingerprint density at radius 1 is 1.34 bits per heavy atom. The molecule has 190 valence electrons. The molecule has 4 amide bonds. The maximum Gasteiger partial charge on any atom is 0.410 e. The molecular weight excluding hydrogens is 454 g/mol. The number of carbonyl (C=O) groups excluding carboxylic acids is 4. The summed E-state index contributed by atoms with van der Waals surface area (Å²) < 4.78 is 11.5. The van der Waals surface area contributed by atoms with Crippen molar-refractivity contribution >= 4 is 29.6 Å². The normalized spacial score (nSPS) is 24.3. The van der Waals surface area contributed by atoms with Gasteiger partial charge in [-0.3, -0.25) is 19.3 Å². The highest BCUT2D eigenvalue weighted by Crippen LogP contribution is 2.41. The van der Waals surface area contributed by atoms with Crippen LogP contribution in [0.1, 0.15) is 52.1 Å². The first-order valence-electron chi connectivity index (χ1n) is 11.8. The van der Waals surface area contributed by atoms with Gasteiger partial charge >= 0.3 is 6.09 Å². The highest BCUT2D eigenvalue weighted by Gasteiger charge is 2.58. The third kappa shape index (κ3) is 5.03. The van der Waals surface area contributed by atoms with Crippen molar-refractivity contribution in [3.8, 4) is 5.75 Å². The maximum absolute atomic E-state index is 13.8. The molecule has 4 rings (SSSR count). The van der Waals surface area contributed by atoms with Crippen LogP contribution in [0.15, 0.2) is 12.1 Å². The number of carbonyl (C=O) groups is 4. The van der Waals surface area contributed by atoms with E-state index in [2.05, 4.69) is 10.3 Å². The van der Waals surface area contributed by atoms with Crippen LogP contribution in [0.3, 0.4) is 0 Å². The number of nitrogens with one attached hydrogen (secondary N) is 1. The molecule has 0 radical (unpaired) electrons. The molecule has 3 N–H and O–H groups in total. The molecule has 0 bridgehead atoms. The number of anilines is 1. The highest BCUT2D eigenvalue weighted by atomic mass is 16.6. The Morgan fingerprint density at radius 3 is 2.63 bits per heavy atom. The Balaban J connectivity index is 1.61. The molecule has 2 fully saturated rings. The van der Waals surface area contributed by atoms with E-state index in [0.29, 0.717) is 23.8 Å². The summed E-state index contributed by atoms with van der Waals surface area (Å²) in [6.45, 7) is 6.85. The largest absolute Gasteiger partial charge is 0.472 e. The van der Waals surface area contributed by atoms with Gasteiger partial charge in [0.05, 0.1) is 6.54 Å². The second kappa shape index (κ2) is 8.69. The minimum atomic E-state index is -1.49. The van der Waals surface area contributed by atoms with Gasteiger partial charge in [-0.2, -0.15) is 0 Å². The van der Waals surface area contributed by atoms with Crippen LogP contribution in [0.4, 0.5) is 10.6 Å². The van der Waals surface area contributed by atoms with E-state index in [4.69, 9.17) is 15.2 Å². The first-order chi connectivity index (χ1) is 16.3. The number of likely N-dealkylation sites (tertiary alicyclic amines) is 1. The van der Waals surface area contributed by atoms with Crippen LogP contribution in [0, 0.1) is 12.8 Å². The first-order valence-corrected chi connectivity index (χ1v) is 11.8. The topological polar surface area (TPSA) is 144 Å². The molecule has 11 nitrogen and oxygen atoms in total. The Kier molecular flexibility index (Phi) is 6.14. The van der Waals surface area contributed by atoms with E-state index in [9.17, 15) is 19.2 Å². The minimum absolute atomic E-state index is 0.0977. The van der Waals surface area contributed by atoms with Crippen LogP contribution in [0.2, 0.25) is 0 Å². The number of rotatable bonds is 5. The second-order valence-electron chi connectivity index (χ2n) is 10.7. The molecule has 1 saturated heterocycles. The molecular formula is C24H33N5O6. The number of primary amides is 1. The van der Waals surface area contributed by atoms with Gasteiger partial charge in [-0.25, -0.2) is 9.78 Å². The first kappa shape index (κ1) is 24.7. The van der Waals surface area contributed by atoms with E-state index in [1.54, 1.807) is 39.8 Å². The maximum atomic E-state index is 13.8. The van der Waals surface area contributed by atoms with Crippen molar-refractivity contribution in [3.05, 3.63) is 17.8 Å². The van der Waals surface area contributed by atoms with Gasteiger partial charge in [-0.1, -0.05) is 12.8 Å². The van der Waals surface area contributed by atoms with Crippen molar-refractivity contribution < 1.29 is 28.7 Å². The summed E-state index contributed by atoms with van der Waals surface area (Å²) in [7, 11) is 1.51. The number of ether oxygens (including phenoxy) is 2. The zero-order valence-electron chi connectivity index (χ0n) is 20.8. The van der Waals surface area contributed by atoms with Crippen molar-refractivity contribution in [2.24, 2.45) is 11.7 Å². The molecule has 3 heterocycles. The molecule has 1 aromatic rings. The molecule has 1 aliphatic carbocycles. The summed E-state index contributed by atoms with van der Waals surface area (Å²) in [4.78, 5) is 59.0. The third-order valence-electron chi connectivity index (χ3n) is 6.57. The van der Waals surface area contributed by atoms with Crippen molar-refractivity contribution in [2.75, 3.05) is 18.9 Å². The molecule has 11 heteroatoms. The lowest BCUT2D eigenvalue weighted by Gasteiger charge is -2.35. The lowest BCUT2D eigenvalue weighted by atomic mass is 9.97. The van der Waals surface area contributed by atoms with Gasteiger partial charge in [0.15, 0.2) is 11.6 Å². The number of aryl methyl sites for hydroxylation is 1. The zero-order valence-corrected chi connectivity index (χ0v) is 20.8. The van der Waals surface area contributed by atoms with Crippen molar-refractivity contribution in [2.45, 2.75) is 76.7 Å². The standard InChI is InChI=1S/C24H33N5O6/c1-13-6-9-17-19(26-13)27-21(32)24(34-17)11-16(18(25)30)29(12-24)20(31)15(10-14-7-8-14)28(5)22(33)35-23(2,3)4/h6,9,14-16H,7-8,10-12H2,1-5H3,(H2,25,30)(H,26,27,32)/t15-,16-,24+/m0/s1. The van der Waals surface area contributed by atoms with E-state index >= 15 is 0 Å². The molecule has 1 spiro atoms. The average Bonchev–Trinajstić information content (AvgIpc) is 3.49. The SMILES string of the molecule is Cc1ccc2c(n1)NC(=O)[C@]1(C[C@@H](C(N)=O)N(C(=O)[C@H](CC3CC3)N(C)C(=O)OC(C)(C)C)C1)O2. The van der Waals surface area contributed by atoms with Crippen LogP contribution >= 0.6 is 0 Å². The molecule has 2 aliphatic heterocycles. The van der Waals surface area contributed by atoms with E-state index in [1.165, 1.54) is 16.8 Å². The zero-order chi connectivity index (χ0) is 25.7. The van der Waals surface area contributed by atoms with Crippen LogP contribution in [-0.2, 0) is 19.1 Å². The van der Waals surface area contributed by atoms with Gasteiger partial charge in [-0.15, -0.1) is 0 Å². The number of fused-ring (bicyclic) bond motifs is 1. The molecule has 1 aromatic heterocycles. The van der Waals surface area contributed by atoms with E-state index in [1.807, 2.05) is 0 Å². The summed E-state index contributed by atoms with van der Waals surface area (Å²) in [6, 6.07) is 1.50. The summed E-state index contributed by atoms with van der Waals surface area (Å²) in [5.74, 6) is -0.762. The Morgan fingerprint density at radius 2 is 2.03 bits per heavy atom. The van der Waals surface area contributed by atoms with Crippen LogP contribution < -0.4 is 15.8 Å². The van der Waals surface area contributed by atoms with Crippen molar-refractivity contribution in [3.63, 3.8) is 0 Å². The number of likely N-dealkylation sites (N-methyl/N-ethyl adjacent to an activating group) is 1. The molecule has 35 heavy (non-hydrogen) atoms. The highest BCUT2D eigenvalue weighted by molar-refractivity contribution is 6.02. The number of pyridine rings is 1. The molecule has 3 atom stereocenters. The predicted octanol–water partition coefficient (Wildman–Crippen LogP) is 1.58. The number of amides is 4. The van der Waals surface area contributed by atoms with Gasteiger partial charge < -0.3 is 25.4 Å². The minimum Gasteiger partial charge on any atom is -0.472 e. The molecule has 0 aromatic carbocycles. The number of hydrogen-bond acceptors (Lipinski definition) is 7. The molecule has 0 unspecified atom stereocenters. The van der Waals surface area contributed by atoms with E-state index in [0.717, 1.165) is 12.8 Å². The number of nitrogens with two attached hydrogens (primary N) is 1. The van der Waals surface area contributed by atoms with Gasteiger partial charge in [0.2, 0.25) is 17.4 Å². The van der Waals surface area contributed by atoms with Gasteiger partial charge in [0, 0.05) is 19.2 Å². The van der Waals surface area contributed by atoms with Gasteiger partial charge in [0.1, 0.15) is 17.7 Å². The number of nitrogens with zero attached hydrogens (tertiary/aromatic N) is 3. The van der Waals surface area contributed by atoms with Crippen molar-refractivity contribution in [1.29, 1.82) is 0 Å². The lowest BCUT2D eigenvalue weighted by Crippen LogP contribution is -2.56. The molecule has 1 saturated carbocycles. The quantitative estimate of drug-likeness (QED) is 0.641. The predicted molar refractivity (Wildman–Crippen MR) is 125 cm³/mol. The van der Waals surface area contributed by atoms with Crippen LogP contribution in [-0.4, -0.2) is 75.5 Å². The summed E-state index contributed by atoms with van der Waals surface area (Å²) in [5.41, 5.74) is 4.15. The monoisotopic (exact) mass is 487 g/mol. The average molecular weight is 488 g/mol. The Bertz CT molecular complexity index is 1060. The van der Waals surface area contributed by atoms with Crippen LogP contribution in [0.5, 0.6) is 5.75 Å². The van der Waals surface area contributed by atoms with E-state index in [-0.39, 0.29) is 18.8 Å². The number of hydrogen-bond donors (Lipinski definition) is 2. The van der Waals surface area contributed by atoms with Gasteiger partial charge in [-0.05, 0) is 52.2 Å². The van der Waals surface area contributed by atoms with Crippen molar-refractivity contribution in [1.82, 2.24) is 14.8 Å². The summed E-state index contributed by atoms with van der Waals surface area (Å²) in [6.07, 6.45) is 1.62. The third-order valence-corrected chi connectivity index (χ3v) is 6.57. The van der Waals surface area contributed by atoms with Crippen LogP contribution in [0.25, 0.3) is 0 Å². The Labute approximate surface area is 204 Å². The second-order valence-corrected chi connectivity index (χ2v) is 10.7. The van der Waals surface area contributed by atoms with E-state index < -0.39 is 47.1 Å². The summed E-state index contributed by atoms with van der Waals surface area (Å²) in [5, 5.41) is 2.74. The summed E-state index contributed by atoms with van der Waals surface area (Å²) >= 11 is 0. The molecule has 3 aliphatic rings. The lowest BCUT2D eigenvalue weighted by molar-refractivity contribution is -0.142. The number of aromatic nitrogens is 1. The fraction of sp³-hybridized carbons (Fsp3) is 0.625. The fourth-order valence-electron chi connectivity index (χ4n) is 4.54.